The molecule has 0 radical (unpaired) electrons. The molecular formula is C11H15N3O8. The van der Waals surface area contributed by atoms with Crippen molar-refractivity contribution in [2.75, 3.05) is 6.61 Å². The zero-order valence-electron chi connectivity index (χ0n) is 11.2. The Morgan fingerprint density at radius 1 is 1.36 bits per heavy atom. The average Bonchev–Trinajstić information content (AvgIpc) is 2.77. The Morgan fingerprint density at radius 3 is 2.59 bits per heavy atom. The van der Waals surface area contributed by atoms with Crippen LogP contribution < -0.4 is 16.7 Å². The number of carbonyl (C=O) groups is 1. The van der Waals surface area contributed by atoms with E-state index in [4.69, 9.17) is 15.1 Å². The molecule has 4 atom stereocenters. The third-order valence-corrected chi connectivity index (χ3v) is 3.31. The molecule has 11 heteroatoms. The number of aromatic nitrogens is 2. The van der Waals surface area contributed by atoms with Crippen LogP contribution in [0.25, 0.3) is 0 Å². The minimum absolute atomic E-state index is 0.163. The van der Waals surface area contributed by atoms with Crippen LogP contribution in [-0.2, 0) is 16.0 Å². The normalized spacial score (nSPS) is 27.8. The van der Waals surface area contributed by atoms with Gasteiger partial charge in [-0.25, -0.2) is 10.3 Å². The second-order valence-corrected chi connectivity index (χ2v) is 4.76. The Hall–Kier alpha value is -2.05. The zero-order valence-corrected chi connectivity index (χ0v) is 11.2. The van der Waals surface area contributed by atoms with Gasteiger partial charge in [-0.3, -0.25) is 24.3 Å². The maximum Gasteiger partial charge on any atom is 0.330 e. The third-order valence-electron chi connectivity index (χ3n) is 3.31. The summed E-state index contributed by atoms with van der Waals surface area (Å²) in [6.45, 7) is -0.577. The van der Waals surface area contributed by atoms with Gasteiger partial charge in [0, 0.05) is 11.8 Å². The summed E-state index contributed by atoms with van der Waals surface area (Å²) in [5.74, 6) is -0.878. The number of aliphatic hydroxyl groups is 3. The highest BCUT2D eigenvalue weighted by Gasteiger charge is 2.43. The van der Waals surface area contributed by atoms with E-state index in [0.717, 1.165) is 10.8 Å². The number of hydrogen-bond acceptors (Lipinski definition) is 8. The van der Waals surface area contributed by atoms with Crippen LogP contribution in [0.5, 0.6) is 0 Å². The van der Waals surface area contributed by atoms with Crippen molar-refractivity contribution in [1.82, 2.24) is 15.0 Å². The number of hydrogen-bond donors (Lipinski definition) is 6. The molecule has 0 aliphatic carbocycles. The summed E-state index contributed by atoms with van der Waals surface area (Å²) in [6, 6.07) is 0. The molecule has 1 fully saturated rings. The zero-order chi connectivity index (χ0) is 16.4. The molecule has 1 aliphatic rings. The van der Waals surface area contributed by atoms with Gasteiger partial charge in [-0.2, -0.15) is 0 Å². The standard InChI is InChI=1S/C11H15N3O8/c15-3-5-7(17)8(18)10(22-5)14-2-4(1-6(16)13-21)9(19)12-11(14)20/h2,5,7-8,10,15,17-18,21H,1,3H2,(H,13,16)(H,12,19,20)/t5-,7-,8-,10-/m1/s1. The van der Waals surface area contributed by atoms with Crippen molar-refractivity contribution in [2.45, 2.75) is 31.0 Å². The van der Waals surface area contributed by atoms with Crippen molar-refractivity contribution in [3.8, 4) is 0 Å². The summed E-state index contributed by atoms with van der Waals surface area (Å²) in [4.78, 5) is 36.5. The van der Waals surface area contributed by atoms with Gasteiger partial charge in [0.15, 0.2) is 6.23 Å². The molecule has 6 N–H and O–H groups in total. The Kier molecular flexibility index (Phi) is 4.73. The minimum atomic E-state index is -1.51. The first-order valence-corrected chi connectivity index (χ1v) is 6.28. The second-order valence-electron chi connectivity index (χ2n) is 4.76. The number of carbonyl (C=O) groups excluding carboxylic acids is 1. The van der Waals surface area contributed by atoms with E-state index in [1.807, 2.05) is 4.98 Å². The molecule has 1 aliphatic heterocycles. The van der Waals surface area contributed by atoms with Crippen molar-refractivity contribution in [3.63, 3.8) is 0 Å². The van der Waals surface area contributed by atoms with Gasteiger partial charge < -0.3 is 20.1 Å². The summed E-state index contributed by atoms with van der Waals surface area (Å²) < 4.78 is 5.97. The van der Waals surface area contributed by atoms with Crippen molar-refractivity contribution < 1.29 is 30.1 Å². The highest BCUT2D eigenvalue weighted by atomic mass is 16.6. The molecular weight excluding hydrogens is 302 g/mol. The second kappa shape index (κ2) is 6.37. The number of amides is 1. The van der Waals surface area contributed by atoms with Gasteiger partial charge in [-0.15, -0.1) is 0 Å². The fraction of sp³-hybridized carbons (Fsp3) is 0.545. The lowest BCUT2D eigenvalue weighted by Gasteiger charge is -2.17. The van der Waals surface area contributed by atoms with Crippen LogP contribution >= 0.6 is 0 Å². The molecule has 0 bridgehead atoms. The Morgan fingerprint density at radius 2 is 2.05 bits per heavy atom. The van der Waals surface area contributed by atoms with E-state index in [-0.39, 0.29) is 5.56 Å². The van der Waals surface area contributed by atoms with E-state index in [1.165, 1.54) is 5.48 Å². The van der Waals surface area contributed by atoms with Gasteiger partial charge in [-0.05, 0) is 0 Å². The molecule has 0 aromatic carbocycles. The first kappa shape index (κ1) is 16.3. The third kappa shape index (κ3) is 2.93. The Balaban J connectivity index is 2.39. The summed E-state index contributed by atoms with van der Waals surface area (Å²) in [5, 5.41) is 37.0. The van der Waals surface area contributed by atoms with Crippen LogP contribution in [0.2, 0.25) is 0 Å². The first-order chi connectivity index (χ1) is 10.4. The molecule has 1 aromatic rings. The molecule has 22 heavy (non-hydrogen) atoms. The fourth-order valence-corrected chi connectivity index (χ4v) is 2.16. The van der Waals surface area contributed by atoms with Crippen LogP contribution in [-0.4, -0.2) is 60.9 Å². The van der Waals surface area contributed by atoms with Gasteiger partial charge in [-0.1, -0.05) is 0 Å². The number of rotatable bonds is 4. The predicted octanol–water partition coefficient (Wildman–Crippen LogP) is -3.80. The van der Waals surface area contributed by atoms with Crippen LogP contribution in [0, 0.1) is 0 Å². The minimum Gasteiger partial charge on any atom is -0.394 e. The molecule has 1 aromatic heterocycles. The summed E-state index contributed by atoms with van der Waals surface area (Å²) in [5.41, 5.74) is -0.579. The van der Waals surface area contributed by atoms with Crippen LogP contribution in [0.3, 0.4) is 0 Å². The van der Waals surface area contributed by atoms with Gasteiger partial charge in [0.05, 0.1) is 13.0 Å². The lowest BCUT2D eigenvalue weighted by Crippen LogP contribution is -2.39. The Labute approximate surface area is 122 Å². The largest absolute Gasteiger partial charge is 0.394 e. The van der Waals surface area contributed by atoms with Crippen LogP contribution in [0.15, 0.2) is 15.8 Å². The number of hydroxylamine groups is 1. The number of aromatic amines is 1. The van der Waals surface area contributed by atoms with Crippen molar-refractivity contribution in [1.29, 1.82) is 0 Å². The molecule has 2 rings (SSSR count). The summed E-state index contributed by atoms with van der Waals surface area (Å²) in [6.07, 6.45) is -4.90. The number of ether oxygens (including phenoxy) is 1. The van der Waals surface area contributed by atoms with Gasteiger partial charge in [0.2, 0.25) is 5.91 Å². The van der Waals surface area contributed by atoms with Gasteiger partial charge in [0.25, 0.3) is 5.56 Å². The Bertz CT molecular complexity index is 668. The molecule has 2 heterocycles. The van der Waals surface area contributed by atoms with Gasteiger partial charge >= 0.3 is 5.69 Å². The first-order valence-electron chi connectivity index (χ1n) is 6.28. The summed E-state index contributed by atoms with van der Waals surface area (Å²) in [7, 11) is 0. The van der Waals surface area contributed by atoms with E-state index in [2.05, 4.69) is 0 Å². The monoisotopic (exact) mass is 317 g/mol. The van der Waals surface area contributed by atoms with Crippen molar-refractivity contribution in [2.24, 2.45) is 0 Å². The van der Waals surface area contributed by atoms with E-state index >= 15 is 0 Å². The number of aliphatic hydroxyl groups excluding tert-OH is 3. The topological polar surface area (TPSA) is 174 Å². The van der Waals surface area contributed by atoms with Crippen molar-refractivity contribution in [3.05, 3.63) is 32.6 Å². The summed E-state index contributed by atoms with van der Waals surface area (Å²) >= 11 is 0. The molecule has 122 valence electrons. The SMILES string of the molecule is O=C(Cc1cn([C@@H]2O[C@H](CO)[C@@H](O)[C@H]2O)c(=O)[nH]c1=O)NO. The quantitative estimate of drug-likeness (QED) is 0.242. The van der Waals surface area contributed by atoms with E-state index in [0.29, 0.717) is 0 Å². The number of H-pyrrole nitrogens is 1. The van der Waals surface area contributed by atoms with E-state index in [9.17, 15) is 24.6 Å². The predicted molar refractivity (Wildman–Crippen MR) is 68.0 cm³/mol. The number of nitrogens with one attached hydrogen (secondary N) is 2. The average molecular weight is 317 g/mol. The smallest absolute Gasteiger partial charge is 0.330 e. The lowest BCUT2D eigenvalue weighted by molar-refractivity contribution is -0.128. The van der Waals surface area contributed by atoms with E-state index in [1.54, 1.807) is 0 Å². The molecule has 1 amide bonds. The fourth-order valence-electron chi connectivity index (χ4n) is 2.16. The highest BCUT2D eigenvalue weighted by molar-refractivity contribution is 5.77. The molecule has 0 unspecified atom stereocenters. The van der Waals surface area contributed by atoms with Crippen LogP contribution in [0.1, 0.15) is 11.8 Å². The van der Waals surface area contributed by atoms with Crippen LogP contribution in [0.4, 0.5) is 0 Å². The molecule has 0 spiro atoms. The maximum atomic E-state index is 11.8. The lowest BCUT2D eigenvalue weighted by atomic mass is 10.1. The van der Waals surface area contributed by atoms with Crippen molar-refractivity contribution >= 4 is 5.91 Å². The molecule has 11 nitrogen and oxygen atoms in total. The molecule has 1 saturated heterocycles. The molecule has 0 saturated carbocycles. The van der Waals surface area contributed by atoms with E-state index < -0.39 is 54.7 Å². The maximum absolute atomic E-state index is 11.8. The number of nitrogens with zero attached hydrogens (tertiary/aromatic N) is 1. The highest BCUT2D eigenvalue weighted by Crippen LogP contribution is 2.27. The van der Waals surface area contributed by atoms with Gasteiger partial charge in [0.1, 0.15) is 18.3 Å².